The van der Waals surface area contributed by atoms with Crippen LogP contribution in [-0.4, -0.2) is 16.7 Å². The molecule has 0 fully saturated rings. The Morgan fingerprint density at radius 3 is 2.42 bits per heavy atom. The number of benzene rings is 3. The number of imidazole rings is 1. The zero-order chi connectivity index (χ0) is 17.9. The number of para-hydroxylation sites is 3. The van der Waals surface area contributed by atoms with Crippen LogP contribution in [0.4, 0.5) is 0 Å². The number of halogens is 1. The van der Waals surface area contributed by atoms with Gasteiger partial charge in [0.25, 0.3) is 0 Å². The summed E-state index contributed by atoms with van der Waals surface area (Å²) in [5, 5.41) is 0.583. The summed E-state index contributed by atoms with van der Waals surface area (Å²) in [6, 6.07) is 23.3. The molecule has 4 nitrogen and oxygen atoms in total. The van der Waals surface area contributed by atoms with E-state index in [1.807, 2.05) is 72.8 Å². The van der Waals surface area contributed by atoms with Crippen LogP contribution in [0.5, 0.6) is 11.5 Å². The summed E-state index contributed by atoms with van der Waals surface area (Å²) in [5.74, 6) is 2.26. The van der Waals surface area contributed by atoms with Gasteiger partial charge in [0.05, 0.1) is 23.2 Å². The van der Waals surface area contributed by atoms with Gasteiger partial charge in [-0.1, -0.05) is 35.9 Å². The molecule has 0 saturated carbocycles. The molecule has 0 saturated heterocycles. The maximum atomic E-state index is 6.19. The van der Waals surface area contributed by atoms with Gasteiger partial charge in [-0.2, -0.15) is 0 Å². The lowest BCUT2D eigenvalue weighted by molar-refractivity contribution is 0.295. The van der Waals surface area contributed by atoms with Gasteiger partial charge < -0.3 is 9.47 Å². The third-order valence-electron chi connectivity index (χ3n) is 4.15. The van der Waals surface area contributed by atoms with Crippen LogP contribution in [0.15, 0.2) is 72.8 Å². The minimum atomic E-state index is 0.310. The van der Waals surface area contributed by atoms with Crippen LogP contribution in [0.3, 0.4) is 0 Å². The van der Waals surface area contributed by atoms with Gasteiger partial charge in [-0.15, -0.1) is 0 Å². The van der Waals surface area contributed by atoms with E-state index in [1.54, 1.807) is 7.11 Å². The second-order valence-corrected chi connectivity index (χ2v) is 6.18. The van der Waals surface area contributed by atoms with E-state index in [-0.39, 0.29) is 0 Å². The Morgan fingerprint density at radius 2 is 1.65 bits per heavy atom. The number of fused-ring (bicyclic) bond motifs is 1. The van der Waals surface area contributed by atoms with Crippen molar-refractivity contribution in [1.82, 2.24) is 9.55 Å². The Labute approximate surface area is 156 Å². The molecule has 4 aromatic rings. The molecular formula is C21H17ClN2O2. The fraction of sp³-hybridized carbons (Fsp3) is 0.0952. The largest absolute Gasteiger partial charge is 0.497 e. The topological polar surface area (TPSA) is 36.3 Å². The second kappa shape index (κ2) is 7.10. The third kappa shape index (κ3) is 3.11. The van der Waals surface area contributed by atoms with E-state index in [4.69, 9.17) is 26.1 Å². The number of nitrogens with zero attached hydrogens (tertiary/aromatic N) is 2. The lowest BCUT2D eigenvalue weighted by atomic mass is 10.2. The van der Waals surface area contributed by atoms with Crippen LogP contribution in [0.1, 0.15) is 5.82 Å². The molecule has 1 heterocycles. The van der Waals surface area contributed by atoms with E-state index >= 15 is 0 Å². The van der Waals surface area contributed by atoms with Crippen molar-refractivity contribution in [3.63, 3.8) is 0 Å². The Morgan fingerprint density at radius 1 is 0.923 bits per heavy atom. The molecule has 130 valence electrons. The summed E-state index contributed by atoms with van der Waals surface area (Å²) >= 11 is 6.19. The minimum Gasteiger partial charge on any atom is -0.497 e. The molecule has 0 radical (unpaired) electrons. The molecule has 0 aliphatic heterocycles. The molecule has 1 aromatic heterocycles. The zero-order valence-electron chi connectivity index (χ0n) is 14.2. The zero-order valence-corrected chi connectivity index (χ0v) is 15.0. The Bertz CT molecular complexity index is 1040. The van der Waals surface area contributed by atoms with Crippen molar-refractivity contribution >= 4 is 22.6 Å². The van der Waals surface area contributed by atoms with E-state index < -0.39 is 0 Å². The number of rotatable bonds is 5. The minimum absolute atomic E-state index is 0.310. The normalized spacial score (nSPS) is 10.8. The van der Waals surface area contributed by atoms with Crippen LogP contribution in [0.2, 0.25) is 5.02 Å². The van der Waals surface area contributed by atoms with Gasteiger partial charge in [0.2, 0.25) is 0 Å². The highest BCUT2D eigenvalue weighted by atomic mass is 35.5. The van der Waals surface area contributed by atoms with Crippen molar-refractivity contribution in [3.05, 3.63) is 83.6 Å². The summed E-state index contributed by atoms with van der Waals surface area (Å²) in [5.41, 5.74) is 2.94. The van der Waals surface area contributed by atoms with Gasteiger partial charge in [0.1, 0.15) is 18.1 Å². The Kier molecular flexibility index (Phi) is 4.50. The van der Waals surface area contributed by atoms with Crippen molar-refractivity contribution in [3.8, 4) is 17.2 Å². The van der Waals surface area contributed by atoms with Crippen LogP contribution in [0.25, 0.3) is 16.7 Å². The maximum Gasteiger partial charge on any atom is 0.152 e. The lowest BCUT2D eigenvalue weighted by Crippen LogP contribution is -2.05. The fourth-order valence-electron chi connectivity index (χ4n) is 2.90. The van der Waals surface area contributed by atoms with Crippen molar-refractivity contribution in [2.75, 3.05) is 7.11 Å². The van der Waals surface area contributed by atoms with E-state index in [0.717, 1.165) is 28.3 Å². The molecule has 5 heteroatoms. The predicted octanol–water partition coefficient (Wildman–Crippen LogP) is 5.27. The molecule has 0 atom stereocenters. The first kappa shape index (κ1) is 16.5. The molecular weight excluding hydrogens is 348 g/mol. The van der Waals surface area contributed by atoms with Crippen molar-refractivity contribution in [1.29, 1.82) is 0 Å². The van der Waals surface area contributed by atoms with Crippen LogP contribution in [0, 0.1) is 0 Å². The highest BCUT2D eigenvalue weighted by molar-refractivity contribution is 6.32. The average Bonchev–Trinajstić information content (AvgIpc) is 3.06. The van der Waals surface area contributed by atoms with Gasteiger partial charge in [-0.05, 0) is 48.5 Å². The maximum absolute atomic E-state index is 6.19. The highest BCUT2D eigenvalue weighted by Crippen LogP contribution is 2.27. The predicted molar refractivity (Wildman–Crippen MR) is 103 cm³/mol. The quantitative estimate of drug-likeness (QED) is 0.484. The first-order chi connectivity index (χ1) is 12.8. The fourth-order valence-corrected chi connectivity index (χ4v) is 3.09. The molecule has 26 heavy (non-hydrogen) atoms. The standard InChI is InChI=1S/C21H17ClN2O2/c1-25-16-12-10-15(11-13-16)24-19-8-4-3-7-18(19)23-21(24)14-26-20-9-5-2-6-17(20)22/h2-13H,14H2,1H3. The molecule has 0 amide bonds. The molecule has 0 aliphatic carbocycles. The SMILES string of the molecule is COc1ccc(-n2c(COc3ccccc3Cl)nc3ccccc32)cc1. The lowest BCUT2D eigenvalue weighted by Gasteiger charge is -2.12. The number of hydrogen-bond donors (Lipinski definition) is 0. The van der Waals surface area contributed by atoms with E-state index in [2.05, 4.69) is 4.57 Å². The van der Waals surface area contributed by atoms with E-state index in [0.29, 0.717) is 17.4 Å². The van der Waals surface area contributed by atoms with Crippen molar-refractivity contribution in [2.45, 2.75) is 6.61 Å². The average molecular weight is 365 g/mol. The first-order valence-corrected chi connectivity index (χ1v) is 8.62. The van der Waals surface area contributed by atoms with Crippen LogP contribution < -0.4 is 9.47 Å². The number of hydrogen-bond acceptors (Lipinski definition) is 3. The number of methoxy groups -OCH3 is 1. The van der Waals surface area contributed by atoms with Crippen molar-refractivity contribution in [2.24, 2.45) is 0 Å². The van der Waals surface area contributed by atoms with E-state index in [9.17, 15) is 0 Å². The van der Waals surface area contributed by atoms with Crippen molar-refractivity contribution < 1.29 is 9.47 Å². The summed E-state index contributed by atoms with van der Waals surface area (Å²) < 4.78 is 13.3. The molecule has 0 unspecified atom stereocenters. The molecule has 0 bridgehead atoms. The summed E-state index contributed by atoms with van der Waals surface area (Å²) in [7, 11) is 1.66. The molecule has 4 rings (SSSR count). The monoisotopic (exact) mass is 364 g/mol. The third-order valence-corrected chi connectivity index (χ3v) is 4.47. The van der Waals surface area contributed by atoms with E-state index in [1.165, 1.54) is 0 Å². The van der Waals surface area contributed by atoms with Gasteiger partial charge in [0, 0.05) is 5.69 Å². The highest BCUT2D eigenvalue weighted by Gasteiger charge is 2.13. The van der Waals surface area contributed by atoms with Crippen LogP contribution in [-0.2, 0) is 6.61 Å². The van der Waals surface area contributed by atoms with Crippen LogP contribution >= 0.6 is 11.6 Å². The number of aromatic nitrogens is 2. The molecule has 0 spiro atoms. The summed E-state index contributed by atoms with van der Waals surface area (Å²) in [6.07, 6.45) is 0. The van der Waals surface area contributed by atoms with Gasteiger partial charge in [-0.3, -0.25) is 4.57 Å². The molecule has 0 N–H and O–H groups in total. The Balaban J connectivity index is 1.75. The molecule has 3 aromatic carbocycles. The van der Waals surface area contributed by atoms with Gasteiger partial charge in [-0.25, -0.2) is 4.98 Å². The smallest absolute Gasteiger partial charge is 0.152 e. The Hall–Kier alpha value is -2.98. The number of ether oxygens (including phenoxy) is 2. The summed E-state index contributed by atoms with van der Waals surface area (Å²) in [6.45, 7) is 0.310. The second-order valence-electron chi connectivity index (χ2n) is 5.77. The first-order valence-electron chi connectivity index (χ1n) is 8.24. The van der Waals surface area contributed by atoms with Gasteiger partial charge >= 0.3 is 0 Å². The summed E-state index contributed by atoms with van der Waals surface area (Å²) in [4.78, 5) is 4.74. The van der Waals surface area contributed by atoms with Gasteiger partial charge in [0.15, 0.2) is 5.82 Å². The molecule has 0 aliphatic rings.